The summed E-state index contributed by atoms with van der Waals surface area (Å²) in [7, 11) is 0. The van der Waals surface area contributed by atoms with Crippen molar-refractivity contribution in [1.29, 1.82) is 0 Å². The van der Waals surface area contributed by atoms with Crippen LogP contribution < -0.4 is 0 Å². The number of pyridine rings is 1. The zero-order valence-electron chi connectivity index (χ0n) is 11.5. The first-order valence-electron chi connectivity index (χ1n) is 7.54. The average Bonchev–Trinajstić information content (AvgIpc) is 2.70. The van der Waals surface area contributed by atoms with Crippen molar-refractivity contribution in [2.45, 2.75) is 49.1 Å². The third kappa shape index (κ3) is 2.17. The fourth-order valence-electron chi connectivity index (χ4n) is 3.96. The summed E-state index contributed by atoms with van der Waals surface area (Å²) in [4.78, 5) is 8.04. The number of hydrogen-bond acceptors (Lipinski definition) is 2. The Bertz CT molecular complexity index is 608. The van der Waals surface area contributed by atoms with Gasteiger partial charge in [-0.15, -0.1) is 0 Å². The molecular weight excluding hydrogens is 312 g/mol. The molecule has 2 aromatic rings. The summed E-state index contributed by atoms with van der Waals surface area (Å²) < 4.78 is 0. The van der Waals surface area contributed by atoms with E-state index in [0.29, 0.717) is 0 Å². The lowest BCUT2D eigenvalue weighted by Gasteiger charge is -2.37. The number of benzene rings is 1. The van der Waals surface area contributed by atoms with Crippen LogP contribution >= 0.6 is 15.9 Å². The molecule has 0 N–H and O–H groups in total. The Hall–Kier alpha value is -0.930. The number of hydrogen-bond donors (Lipinski definition) is 0. The minimum atomic E-state index is 0.724. The van der Waals surface area contributed by atoms with E-state index in [1.54, 1.807) is 0 Å². The molecule has 2 atom stereocenters. The van der Waals surface area contributed by atoms with Crippen LogP contribution in [-0.4, -0.2) is 26.8 Å². The molecule has 2 aliphatic rings. The Balaban J connectivity index is 1.65. The summed E-state index contributed by atoms with van der Waals surface area (Å²) in [6.45, 7) is 1.06. The van der Waals surface area contributed by atoms with Crippen LogP contribution in [0.2, 0.25) is 0 Å². The Morgan fingerprint density at radius 1 is 1.10 bits per heavy atom. The minimum Gasteiger partial charge on any atom is -0.293 e. The lowest BCUT2D eigenvalue weighted by molar-refractivity contribution is 0.137. The molecule has 3 heteroatoms. The van der Waals surface area contributed by atoms with E-state index >= 15 is 0 Å². The molecule has 4 rings (SSSR count). The van der Waals surface area contributed by atoms with Crippen LogP contribution in [-0.2, 0) is 6.54 Å². The number of para-hydroxylation sites is 1. The van der Waals surface area contributed by atoms with E-state index in [1.165, 1.54) is 42.1 Å². The molecule has 20 heavy (non-hydrogen) atoms. The lowest BCUT2D eigenvalue weighted by Crippen LogP contribution is -2.42. The summed E-state index contributed by atoms with van der Waals surface area (Å²) in [6.07, 6.45) is 7.24. The first-order chi connectivity index (χ1) is 9.81. The van der Waals surface area contributed by atoms with Gasteiger partial charge < -0.3 is 0 Å². The van der Waals surface area contributed by atoms with Crippen LogP contribution in [0.3, 0.4) is 0 Å². The molecule has 1 aromatic heterocycles. The smallest absolute Gasteiger partial charge is 0.0746 e. The minimum absolute atomic E-state index is 0.724. The van der Waals surface area contributed by atoms with E-state index in [4.69, 9.17) is 0 Å². The summed E-state index contributed by atoms with van der Waals surface area (Å²) in [5.41, 5.74) is 2.56. The topological polar surface area (TPSA) is 16.1 Å². The highest BCUT2D eigenvalue weighted by molar-refractivity contribution is 9.09. The van der Waals surface area contributed by atoms with Gasteiger partial charge in [0.15, 0.2) is 0 Å². The quantitative estimate of drug-likeness (QED) is 0.770. The van der Waals surface area contributed by atoms with E-state index in [0.717, 1.165) is 23.5 Å². The second-order valence-electron chi connectivity index (χ2n) is 6.12. The van der Waals surface area contributed by atoms with Gasteiger partial charge in [-0.1, -0.05) is 40.2 Å². The van der Waals surface area contributed by atoms with Crippen molar-refractivity contribution in [3.8, 4) is 0 Å². The maximum Gasteiger partial charge on any atom is 0.0746 e. The highest BCUT2D eigenvalue weighted by Gasteiger charge is 2.39. The average molecular weight is 331 g/mol. The van der Waals surface area contributed by atoms with Crippen molar-refractivity contribution in [2.75, 3.05) is 0 Å². The molecule has 1 aromatic carbocycles. The molecule has 3 heterocycles. The number of piperidine rings is 1. The van der Waals surface area contributed by atoms with E-state index in [-0.39, 0.29) is 0 Å². The molecule has 0 aliphatic carbocycles. The number of rotatable bonds is 2. The highest BCUT2D eigenvalue weighted by atomic mass is 79.9. The summed E-state index contributed by atoms with van der Waals surface area (Å²) >= 11 is 3.82. The largest absolute Gasteiger partial charge is 0.293 e. The maximum atomic E-state index is 4.60. The summed E-state index contributed by atoms with van der Waals surface area (Å²) in [5.74, 6) is 0. The lowest BCUT2D eigenvalue weighted by atomic mass is 10.0. The van der Waals surface area contributed by atoms with Gasteiger partial charge >= 0.3 is 0 Å². The van der Waals surface area contributed by atoms with Gasteiger partial charge in [0.2, 0.25) is 0 Å². The van der Waals surface area contributed by atoms with Crippen LogP contribution in [0.25, 0.3) is 10.9 Å². The fourth-order valence-corrected chi connectivity index (χ4v) is 4.82. The highest BCUT2D eigenvalue weighted by Crippen LogP contribution is 2.39. The molecule has 2 aliphatic heterocycles. The third-order valence-electron chi connectivity index (χ3n) is 4.90. The van der Waals surface area contributed by atoms with Crippen LogP contribution in [0.5, 0.6) is 0 Å². The molecule has 104 valence electrons. The number of nitrogens with zero attached hydrogens (tertiary/aromatic N) is 2. The second-order valence-corrected chi connectivity index (χ2v) is 7.41. The number of alkyl halides is 1. The molecule has 2 fully saturated rings. The van der Waals surface area contributed by atoms with Gasteiger partial charge in [0, 0.05) is 35.0 Å². The predicted molar refractivity (Wildman–Crippen MR) is 86.0 cm³/mol. The summed E-state index contributed by atoms with van der Waals surface area (Å²) in [6, 6.07) is 12.3. The van der Waals surface area contributed by atoms with Gasteiger partial charge in [0.1, 0.15) is 0 Å². The Labute approximate surface area is 128 Å². The maximum absolute atomic E-state index is 4.60. The molecule has 2 bridgehead atoms. The molecular formula is C17H19BrN2. The number of fused-ring (bicyclic) bond motifs is 3. The molecule has 2 saturated heterocycles. The van der Waals surface area contributed by atoms with Crippen LogP contribution in [0.4, 0.5) is 0 Å². The fraction of sp³-hybridized carbons (Fsp3) is 0.471. The van der Waals surface area contributed by atoms with Crippen molar-refractivity contribution in [1.82, 2.24) is 9.88 Å². The standard InChI is InChI=1S/C17H19BrN2/c18-14-9-15-6-7-16(10-14)20(15)11-13-4-1-3-12-5-2-8-19-17(12)13/h1-5,8,14-16H,6-7,9-11H2. The van der Waals surface area contributed by atoms with Crippen molar-refractivity contribution in [3.63, 3.8) is 0 Å². The van der Waals surface area contributed by atoms with Gasteiger partial charge in [0.25, 0.3) is 0 Å². The van der Waals surface area contributed by atoms with Crippen LogP contribution in [0.15, 0.2) is 36.5 Å². The van der Waals surface area contributed by atoms with Crippen LogP contribution in [0, 0.1) is 0 Å². The van der Waals surface area contributed by atoms with E-state index < -0.39 is 0 Å². The number of aromatic nitrogens is 1. The molecule has 0 radical (unpaired) electrons. The van der Waals surface area contributed by atoms with Crippen molar-refractivity contribution in [2.24, 2.45) is 0 Å². The normalized spacial score (nSPS) is 29.9. The van der Waals surface area contributed by atoms with Gasteiger partial charge in [-0.3, -0.25) is 9.88 Å². The zero-order chi connectivity index (χ0) is 13.5. The summed E-state index contributed by atoms with van der Waals surface area (Å²) in [5, 5.41) is 1.26. The van der Waals surface area contributed by atoms with E-state index in [1.807, 2.05) is 12.3 Å². The molecule has 2 nitrogen and oxygen atoms in total. The second kappa shape index (κ2) is 5.12. The molecule has 0 amide bonds. The van der Waals surface area contributed by atoms with Crippen molar-refractivity contribution >= 4 is 26.8 Å². The van der Waals surface area contributed by atoms with Gasteiger partial charge in [-0.05, 0) is 37.3 Å². The Kier molecular flexibility index (Phi) is 3.27. The predicted octanol–water partition coefficient (Wildman–Crippen LogP) is 4.13. The van der Waals surface area contributed by atoms with Gasteiger partial charge in [0.05, 0.1) is 5.52 Å². The van der Waals surface area contributed by atoms with Gasteiger partial charge in [-0.25, -0.2) is 0 Å². The first-order valence-corrected chi connectivity index (χ1v) is 8.45. The van der Waals surface area contributed by atoms with E-state index in [2.05, 4.69) is 50.1 Å². The monoisotopic (exact) mass is 330 g/mol. The van der Waals surface area contributed by atoms with Gasteiger partial charge in [-0.2, -0.15) is 0 Å². The SMILES string of the molecule is BrC1CC2CCC(C1)N2Cc1cccc2cccnc12. The Morgan fingerprint density at radius 2 is 1.85 bits per heavy atom. The number of halogens is 1. The van der Waals surface area contributed by atoms with E-state index in [9.17, 15) is 0 Å². The molecule has 2 unspecified atom stereocenters. The molecule has 0 spiro atoms. The zero-order valence-corrected chi connectivity index (χ0v) is 13.1. The third-order valence-corrected chi connectivity index (χ3v) is 5.64. The first kappa shape index (κ1) is 12.8. The Morgan fingerprint density at radius 3 is 2.65 bits per heavy atom. The van der Waals surface area contributed by atoms with Crippen molar-refractivity contribution < 1.29 is 0 Å². The molecule has 0 saturated carbocycles. The van der Waals surface area contributed by atoms with Crippen LogP contribution in [0.1, 0.15) is 31.2 Å². The van der Waals surface area contributed by atoms with Crippen molar-refractivity contribution in [3.05, 3.63) is 42.1 Å².